The van der Waals surface area contributed by atoms with Gasteiger partial charge in [0, 0.05) is 7.11 Å². The maximum Gasteiger partial charge on any atom is 0.273 e. The maximum atomic E-state index is 12.3. The number of methoxy groups -OCH3 is 2. The Kier molecular flexibility index (Phi) is 6.79. The third-order valence-electron chi connectivity index (χ3n) is 3.32. The summed E-state index contributed by atoms with van der Waals surface area (Å²) in [6.07, 6.45) is 0. The maximum absolute atomic E-state index is 12.3. The minimum atomic E-state index is -0.490. The van der Waals surface area contributed by atoms with Crippen molar-refractivity contribution < 1.29 is 23.8 Å². The Morgan fingerprint density at radius 2 is 1.32 bits per heavy atom. The summed E-state index contributed by atoms with van der Waals surface area (Å²) in [5, 5.41) is 0. The molecule has 0 unspecified atom stereocenters. The van der Waals surface area contributed by atoms with Gasteiger partial charge < -0.3 is 14.2 Å². The molecule has 0 fully saturated rings. The van der Waals surface area contributed by atoms with E-state index in [-0.39, 0.29) is 0 Å². The third kappa shape index (κ3) is 4.95. The summed E-state index contributed by atoms with van der Waals surface area (Å²) in [6.45, 7) is 0.717. The fraction of sp³-hybridized carbons (Fsp3) is 0.222. The largest absolute Gasteiger partial charge is 0.496 e. The average molecular weight is 344 g/mol. The van der Waals surface area contributed by atoms with Crippen LogP contribution in [0.2, 0.25) is 0 Å². The van der Waals surface area contributed by atoms with Crippen molar-refractivity contribution in [2.75, 3.05) is 27.4 Å². The number of carbonyl (C=O) groups is 2. The van der Waals surface area contributed by atoms with Crippen LogP contribution in [-0.2, 0) is 4.74 Å². The zero-order chi connectivity index (χ0) is 18.1. The van der Waals surface area contributed by atoms with Gasteiger partial charge in [0.15, 0.2) is 0 Å². The quantitative estimate of drug-likeness (QED) is 0.591. The van der Waals surface area contributed by atoms with E-state index < -0.39 is 11.8 Å². The predicted octanol–water partition coefficient (Wildman–Crippen LogP) is 1.80. The molecule has 0 aliphatic rings. The van der Waals surface area contributed by atoms with Crippen molar-refractivity contribution in [2.45, 2.75) is 0 Å². The summed E-state index contributed by atoms with van der Waals surface area (Å²) in [5.74, 6) is -0.152. The molecule has 7 heteroatoms. The molecular weight excluding hydrogens is 324 g/mol. The molecule has 0 spiro atoms. The highest BCUT2D eigenvalue weighted by molar-refractivity contribution is 6.01. The van der Waals surface area contributed by atoms with Gasteiger partial charge in [-0.25, -0.2) is 0 Å². The Labute approximate surface area is 145 Å². The number of ether oxygens (including phenoxy) is 3. The highest BCUT2D eigenvalue weighted by Gasteiger charge is 2.15. The van der Waals surface area contributed by atoms with Crippen molar-refractivity contribution in [3.63, 3.8) is 0 Å². The van der Waals surface area contributed by atoms with E-state index in [0.717, 1.165) is 0 Å². The van der Waals surface area contributed by atoms with E-state index in [4.69, 9.17) is 14.2 Å². The van der Waals surface area contributed by atoms with E-state index in [1.165, 1.54) is 7.11 Å². The summed E-state index contributed by atoms with van der Waals surface area (Å²) in [4.78, 5) is 24.5. The molecule has 0 saturated heterocycles. The molecule has 0 aliphatic carbocycles. The summed E-state index contributed by atoms with van der Waals surface area (Å²) < 4.78 is 15.6. The van der Waals surface area contributed by atoms with E-state index >= 15 is 0 Å². The second-order valence-electron chi connectivity index (χ2n) is 4.95. The Morgan fingerprint density at radius 1 is 0.800 bits per heavy atom. The summed E-state index contributed by atoms with van der Waals surface area (Å²) >= 11 is 0. The van der Waals surface area contributed by atoms with Crippen LogP contribution in [0, 0.1) is 0 Å². The van der Waals surface area contributed by atoms with Gasteiger partial charge in [-0.3, -0.25) is 20.4 Å². The van der Waals surface area contributed by atoms with Gasteiger partial charge in [0.1, 0.15) is 18.1 Å². The summed E-state index contributed by atoms with van der Waals surface area (Å²) in [5.41, 5.74) is 5.36. The molecule has 0 heterocycles. The SMILES string of the molecule is COCCOc1ccccc1C(=O)NNC(=O)c1ccccc1OC. The molecule has 2 rings (SSSR count). The Balaban J connectivity index is 2.01. The molecule has 2 amide bonds. The Hall–Kier alpha value is -3.06. The molecule has 0 aromatic heterocycles. The van der Waals surface area contributed by atoms with Crippen LogP contribution in [0.5, 0.6) is 11.5 Å². The van der Waals surface area contributed by atoms with Gasteiger partial charge in [-0.1, -0.05) is 24.3 Å². The number of hydrogen-bond acceptors (Lipinski definition) is 5. The van der Waals surface area contributed by atoms with Crippen LogP contribution in [0.1, 0.15) is 20.7 Å². The molecule has 0 radical (unpaired) electrons. The molecule has 0 atom stereocenters. The highest BCUT2D eigenvalue weighted by Crippen LogP contribution is 2.18. The van der Waals surface area contributed by atoms with Crippen LogP contribution in [0.25, 0.3) is 0 Å². The first-order valence-electron chi connectivity index (χ1n) is 7.62. The first-order chi connectivity index (χ1) is 12.2. The monoisotopic (exact) mass is 344 g/mol. The fourth-order valence-electron chi connectivity index (χ4n) is 2.10. The van der Waals surface area contributed by atoms with Crippen LogP contribution in [-0.4, -0.2) is 39.2 Å². The molecule has 2 aromatic carbocycles. The lowest BCUT2D eigenvalue weighted by Gasteiger charge is -2.13. The lowest BCUT2D eigenvalue weighted by molar-refractivity contribution is 0.0841. The van der Waals surface area contributed by atoms with Gasteiger partial charge in [0.05, 0.1) is 24.8 Å². The van der Waals surface area contributed by atoms with Crippen molar-refractivity contribution in [3.05, 3.63) is 59.7 Å². The molecule has 0 aliphatic heterocycles. The number of carbonyl (C=O) groups excluding carboxylic acids is 2. The minimum absolute atomic E-state index is 0.305. The predicted molar refractivity (Wildman–Crippen MR) is 91.7 cm³/mol. The molecule has 0 bridgehead atoms. The molecule has 2 aromatic rings. The molecule has 25 heavy (non-hydrogen) atoms. The van der Waals surface area contributed by atoms with Gasteiger partial charge in [0.25, 0.3) is 11.8 Å². The first kappa shape index (κ1) is 18.3. The number of rotatable bonds is 7. The van der Waals surface area contributed by atoms with Crippen LogP contribution < -0.4 is 20.3 Å². The van der Waals surface area contributed by atoms with Crippen LogP contribution in [0.4, 0.5) is 0 Å². The molecule has 2 N–H and O–H groups in total. The lowest BCUT2D eigenvalue weighted by atomic mass is 10.2. The number of nitrogens with one attached hydrogen (secondary N) is 2. The minimum Gasteiger partial charge on any atom is -0.496 e. The lowest BCUT2D eigenvalue weighted by Crippen LogP contribution is -2.41. The van der Waals surface area contributed by atoms with Gasteiger partial charge in [-0.15, -0.1) is 0 Å². The highest BCUT2D eigenvalue weighted by atomic mass is 16.5. The van der Waals surface area contributed by atoms with Crippen LogP contribution in [0.15, 0.2) is 48.5 Å². The van der Waals surface area contributed by atoms with Crippen molar-refractivity contribution >= 4 is 11.8 Å². The Bertz CT molecular complexity index is 733. The normalized spacial score (nSPS) is 10.0. The standard InChI is InChI=1S/C18H20N2O5/c1-23-11-12-25-16-10-6-4-8-14(16)18(22)20-19-17(21)13-7-3-5-9-15(13)24-2/h3-10H,11-12H2,1-2H3,(H,19,21)(H,20,22). The van der Waals surface area contributed by atoms with Gasteiger partial charge in [0.2, 0.25) is 0 Å². The summed E-state index contributed by atoms with van der Waals surface area (Å²) in [6, 6.07) is 13.5. The molecule has 0 saturated carbocycles. The third-order valence-corrected chi connectivity index (χ3v) is 3.32. The van der Waals surface area contributed by atoms with E-state index in [2.05, 4.69) is 10.9 Å². The van der Waals surface area contributed by atoms with E-state index in [1.807, 2.05) is 0 Å². The fourth-order valence-corrected chi connectivity index (χ4v) is 2.10. The number of para-hydroxylation sites is 2. The number of hydrazine groups is 1. The van der Waals surface area contributed by atoms with Crippen molar-refractivity contribution in [1.29, 1.82) is 0 Å². The smallest absolute Gasteiger partial charge is 0.273 e. The topological polar surface area (TPSA) is 85.9 Å². The van der Waals surface area contributed by atoms with E-state index in [0.29, 0.717) is 35.8 Å². The van der Waals surface area contributed by atoms with Gasteiger partial charge in [-0.05, 0) is 24.3 Å². The van der Waals surface area contributed by atoms with Gasteiger partial charge >= 0.3 is 0 Å². The number of hydrogen-bond donors (Lipinski definition) is 2. The zero-order valence-corrected chi connectivity index (χ0v) is 14.1. The van der Waals surface area contributed by atoms with Crippen molar-refractivity contribution in [2.24, 2.45) is 0 Å². The Morgan fingerprint density at radius 3 is 1.88 bits per heavy atom. The second-order valence-corrected chi connectivity index (χ2v) is 4.95. The zero-order valence-electron chi connectivity index (χ0n) is 14.1. The van der Waals surface area contributed by atoms with Gasteiger partial charge in [-0.2, -0.15) is 0 Å². The molecule has 7 nitrogen and oxygen atoms in total. The van der Waals surface area contributed by atoms with Crippen LogP contribution >= 0.6 is 0 Å². The van der Waals surface area contributed by atoms with E-state index in [1.54, 1.807) is 55.6 Å². The van der Waals surface area contributed by atoms with Crippen molar-refractivity contribution in [3.8, 4) is 11.5 Å². The summed E-state index contributed by atoms with van der Waals surface area (Å²) in [7, 11) is 3.04. The molecular formula is C18H20N2O5. The first-order valence-corrected chi connectivity index (χ1v) is 7.62. The average Bonchev–Trinajstić information content (AvgIpc) is 2.66. The van der Waals surface area contributed by atoms with Crippen LogP contribution in [0.3, 0.4) is 0 Å². The second kappa shape index (κ2) is 9.29. The van der Waals surface area contributed by atoms with Crippen molar-refractivity contribution in [1.82, 2.24) is 10.9 Å². The number of amides is 2. The number of benzene rings is 2. The van der Waals surface area contributed by atoms with E-state index in [9.17, 15) is 9.59 Å². The molecule has 132 valence electrons.